The van der Waals surface area contributed by atoms with E-state index in [0.29, 0.717) is 55.3 Å². The molecule has 1 N–H and O–H groups in total. The highest BCUT2D eigenvalue weighted by molar-refractivity contribution is 7.98. The standard InChI is InChI=1S/C30H36N6O4S2.CH4/c1-4-40-25-14-13-22(42(38,39)35-17-15-34(16-18-35)24-11-7-8-12-26(24)41-3)19-23(25)28-32-30(37)27-20(2)31-29(36(27)33-28)21-9-5-6-10-21;/h7-8,11-14,19,21H,4-6,9-10,15-18H2,1-3H3,(H,32,33,37);1H4. The van der Waals surface area contributed by atoms with E-state index in [1.165, 1.54) is 9.20 Å². The van der Waals surface area contributed by atoms with Gasteiger partial charge in [0.15, 0.2) is 11.3 Å². The third kappa shape index (κ3) is 5.80. The summed E-state index contributed by atoms with van der Waals surface area (Å²) in [6.07, 6.45) is 6.32. The smallest absolute Gasteiger partial charge is 0.277 e. The maximum atomic E-state index is 13.9. The Hall–Kier alpha value is -3.35. The number of aromatic amines is 1. The summed E-state index contributed by atoms with van der Waals surface area (Å²) < 4.78 is 36.8. The van der Waals surface area contributed by atoms with E-state index in [0.717, 1.165) is 37.2 Å². The van der Waals surface area contributed by atoms with Crippen LogP contribution < -0.4 is 15.2 Å². The van der Waals surface area contributed by atoms with Crippen LogP contribution in [0.15, 0.2) is 57.1 Å². The van der Waals surface area contributed by atoms with Crippen LogP contribution >= 0.6 is 11.8 Å². The number of piperazine rings is 1. The first kappa shape index (κ1) is 31.1. The number of rotatable bonds is 8. The third-order valence-electron chi connectivity index (χ3n) is 8.23. The van der Waals surface area contributed by atoms with Crippen molar-refractivity contribution in [3.05, 3.63) is 64.3 Å². The molecule has 12 heteroatoms. The lowest BCUT2D eigenvalue weighted by atomic mass is 10.1. The van der Waals surface area contributed by atoms with Crippen LogP contribution in [0.5, 0.6) is 5.75 Å². The van der Waals surface area contributed by atoms with Gasteiger partial charge >= 0.3 is 0 Å². The Morgan fingerprint density at radius 1 is 1.07 bits per heavy atom. The van der Waals surface area contributed by atoms with Gasteiger partial charge in [-0.1, -0.05) is 32.4 Å². The van der Waals surface area contributed by atoms with E-state index in [9.17, 15) is 13.2 Å². The molecule has 2 fully saturated rings. The molecule has 1 aliphatic carbocycles. The van der Waals surface area contributed by atoms with Crippen molar-refractivity contribution in [2.45, 2.75) is 62.7 Å². The van der Waals surface area contributed by atoms with Gasteiger partial charge in [0.2, 0.25) is 10.0 Å². The van der Waals surface area contributed by atoms with Crippen LogP contribution in [0, 0.1) is 6.92 Å². The van der Waals surface area contributed by atoms with Crippen molar-refractivity contribution in [2.24, 2.45) is 0 Å². The number of hydrogen-bond donors (Lipinski definition) is 1. The minimum absolute atomic E-state index is 0. The molecule has 2 aliphatic rings. The van der Waals surface area contributed by atoms with Crippen LogP contribution in [0.4, 0.5) is 5.69 Å². The van der Waals surface area contributed by atoms with Gasteiger partial charge < -0.3 is 14.6 Å². The summed E-state index contributed by atoms with van der Waals surface area (Å²) in [5.41, 5.74) is 2.29. The Morgan fingerprint density at radius 3 is 2.49 bits per heavy atom. The highest BCUT2D eigenvalue weighted by Crippen LogP contribution is 2.36. The highest BCUT2D eigenvalue weighted by atomic mass is 32.2. The quantitative estimate of drug-likeness (QED) is 0.262. The zero-order chi connectivity index (χ0) is 29.4. The minimum atomic E-state index is -3.81. The number of sulfonamides is 1. The molecule has 3 heterocycles. The Morgan fingerprint density at radius 2 is 1.79 bits per heavy atom. The Bertz CT molecular complexity index is 1770. The number of thioether (sulfide) groups is 1. The number of para-hydroxylation sites is 1. The van der Waals surface area contributed by atoms with Gasteiger partial charge in [-0.05, 0) is 63.3 Å². The van der Waals surface area contributed by atoms with Crippen LogP contribution in [-0.2, 0) is 10.0 Å². The van der Waals surface area contributed by atoms with Gasteiger partial charge in [0, 0.05) is 37.0 Å². The van der Waals surface area contributed by atoms with E-state index < -0.39 is 10.0 Å². The average Bonchev–Trinajstić information content (AvgIpc) is 3.65. The van der Waals surface area contributed by atoms with Crippen molar-refractivity contribution >= 4 is 33.0 Å². The largest absolute Gasteiger partial charge is 0.493 e. The number of hydrogen-bond acceptors (Lipinski definition) is 8. The highest BCUT2D eigenvalue weighted by Gasteiger charge is 2.31. The maximum Gasteiger partial charge on any atom is 0.277 e. The fraction of sp³-hybridized carbons (Fsp3) is 0.452. The summed E-state index contributed by atoms with van der Waals surface area (Å²) in [4.78, 5) is 24.4. The second kappa shape index (κ2) is 12.7. The Kier molecular flexibility index (Phi) is 9.19. The van der Waals surface area contributed by atoms with E-state index in [-0.39, 0.29) is 29.6 Å². The number of nitrogens with zero attached hydrogens (tertiary/aromatic N) is 5. The Balaban J connectivity index is 0.00000368. The van der Waals surface area contributed by atoms with E-state index in [4.69, 9.17) is 14.8 Å². The van der Waals surface area contributed by atoms with Gasteiger partial charge in [-0.15, -0.1) is 16.9 Å². The van der Waals surface area contributed by atoms with Gasteiger partial charge in [0.25, 0.3) is 5.56 Å². The third-order valence-corrected chi connectivity index (χ3v) is 10.9. The topological polar surface area (TPSA) is 113 Å². The molecule has 43 heavy (non-hydrogen) atoms. The number of benzene rings is 2. The molecular weight excluding hydrogens is 585 g/mol. The molecule has 1 saturated heterocycles. The lowest BCUT2D eigenvalue weighted by Crippen LogP contribution is -2.48. The lowest BCUT2D eigenvalue weighted by Gasteiger charge is -2.36. The van der Waals surface area contributed by atoms with Gasteiger partial charge in [0.1, 0.15) is 11.6 Å². The monoisotopic (exact) mass is 624 g/mol. The second-order valence-electron chi connectivity index (χ2n) is 10.8. The fourth-order valence-corrected chi connectivity index (χ4v) is 8.18. The molecule has 0 atom stereocenters. The summed E-state index contributed by atoms with van der Waals surface area (Å²) in [6, 6.07) is 13.0. The number of aryl methyl sites for hydroxylation is 1. The van der Waals surface area contributed by atoms with Crippen LogP contribution in [0.3, 0.4) is 0 Å². The van der Waals surface area contributed by atoms with Crippen molar-refractivity contribution < 1.29 is 13.2 Å². The van der Waals surface area contributed by atoms with Crippen molar-refractivity contribution in [3.8, 4) is 17.1 Å². The number of nitrogens with one attached hydrogen (secondary N) is 1. The summed E-state index contributed by atoms with van der Waals surface area (Å²) in [7, 11) is -3.81. The van der Waals surface area contributed by atoms with Gasteiger partial charge in [-0.2, -0.15) is 4.31 Å². The minimum Gasteiger partial charge on any atom is -0.493 e. The number of anilines is 1. The summed E-state index contributed by atoms with van der Waals surface area (Å²) in [6.45, 7) is 5.98. The molecule has 0 unspecified atom stereocenters. The Labute approximate surface area is 257 Å². The molecule has 10 nitrogen and oxygen atoms in total. The van der Waals surface area contributed by atoms with E-state index in [2.05, 4.69) is 22.0 Å². The number of imidazole rings is 1. The predicted molar refractivity (Wildman–Crippen MR) is 172 cm³/mol. The number of aromatic nitrogens is 4. The molecule has 0 radical (unpaired) electrons. The molecule has 6 rings (SSSR count). The number of fused-ring (bicyclic) bond motifs is 1. The van der Waals surface area contributed by atoms with Crippen LogP contribution in [-0.4, -0.2) is 71.3 Å². The van der Waals surface area contributed by atoms with Crippen LogP contribution in [0.1, 0.15) is 57.5 Å². The second-order valence-corrected chi connectivity index (χ2v) is 13.5. The van der Waals surface area contributed by atoms with Crippen LogP contribution in [0.25, 0.3) is 16.9 Å². The lowest BCUT2D eigenvalue weighted by molar-refractivity contribution is 0.341. The summed E-state index contributed by atoms with van der Waals surface area (Å²) >= 11 is 1.69. The predicted octanol–water partition coefficient (Wildman–Crippen LogP) is 5.32. The van der Waals surface area contributed by atoms with Gasteiger partial charge in [0.05, 0.1) is 28.4 Å². The zero-order valence-corrected chi connectivity index (χ0v) is 25.8. The van der Waals surface area contributed by atoms with E-state index in [1.807, 2.05) is 32.2 Å². The van der Waals surface area contributed by atoms with Crippen molar-refractivity contribution in [3.63, 3.8) is 0 Å². The first-order valence-corrected chi connectivity index (χ1v) is 17.1. The molecular formula is C31H40N6O4S2. The van der Waals surface area contributed by atoms with Crippen molar-refractivity contribution in [1.82, 2.24) is 23.9 Å². The molecule has 0 bridgehead atoms. The normalized spacial score (nSPS) is 16.5. The first-order chi connectivity index (χ1) is 20.3. The molecule has 0 amide bonds. The number of H-pyrrole nitrogens is 1. The van der Waals surface area contributed by atoms with Crippen molar-refractivity contribution in [1.29, 1.82) is 0 Å². The van der Waals surface area contributed by atoms with Crippen LogP contribution in [0.2, 0.25) is 0 Å². The maximum absolute atomic E-state index is 13.9. The average molecular weight is 625 g/mol. The van der Waals surface area contributed by atoms with Crippen molar-refractivity contribution in [2.75, 3.05) is 43.9 Å². The SMILES string of the molecule is C.CCOc1ccc(S(=O)(=O)N2CCN(c3ccccc3SC)CC2)cc1-c1nn2c(C3CCCC3)nc(C)c2c(=O)[nH]1. The molecule has 1 aliphatic heterocycles. The first-order valence-electron chi connectivity index (χ1n) is 14.5. The summed E-state index contributed by atoms with van der Waals surface area (Å²) in [5.74, 6) is 1.74. The van der Waals surface area contributed by atoms with E-state index >= 15 is 0 Å². The molecule has 4 aromatic rings. The number of ether oxygens (including phenoxy) is 1. The van der Waals surface area contributed by atoms with Gasteiger partial charge in [-0.25, -0.2) is 17.9 Å². The van der Waals surface area contributed by atoms with E-state index in [1.54, 1.807) is 34.5 Å². The molecule has 2 aromatic heterocycles. The molecule has 230 valence electrons. The van der Waals surface area contributed by atoms with Gasteiger partial charge in [-0.3, -0.25) is 4.79 Å². The zero-order valence-electron chi connectivity index (χ0n) is 24.2. The molecule has 0 spiro atoms. The summed E-state index contributed by atoms with van der Waals surface area (Å²) in [5, 5.41) is 4.81. The fourth-order valence-electron chi connectivity index (χ4n) is 6.11. The molecule has 2 aromatic carbocycles. The molecule has 1 saturated carbocycles.